The van der Waals surface area contributed by atoms with Crippen molar-refractivity contribution in [2.75, 3.05) is 50.1 Å². The van der Waals surface area contributed by atoms with Gasteiger partial charge < -0.3 is 29.0 Å². The second kappa shape index (κ2) is 7.34. The van der Waals surface area contributed by atoms with Gasteiger partial charge in [-0.3, -0.25) is 0 Å². The van der Waals surface area contributed by atoms with Crippen LogP contribution in [0, 0.1) is 23.7 Å². The number of hydrogen-bond donors (Lipinski definition) is 2. The van der Waals surface area contributed by atoms with E-state index < -0.39 is 11.4 Å². The van der Waals surface area contributed by atoms with E-state index in [1.165, 1.54) is 22.5 Å². The SMILES string of the molecule is CC=C1C[N@@+]2(C)CC[C@]34c5ccccc5N5[C@H]6[C@@H]([C@@H]([C@H]1C[C@@H]32)[C@@]54O)N1c2ccccc2[C@@]23CC[N@+]4(C)CC(=CC)[C@H](C[C@@H]24)[C@H]6[C@@]13O. The molecule has 2 saturated carbocycles. The van der Waals surface area contributed by atoms with Gasteiger partial charge in [-0.1, -0.05) is 48.6 Å². The monoisotopic (exact) mass is 616 g/mol. The minimum absolute atomic E-state index is 0.0354. The van der Waals surface area contributed by atoms with Crippen LogP contribution in [0.15, 0.2) is 71.8 Å². The standard InChI is InChI=1S/C40H48N4O2/c1-5-23-21-43(3)17-15-37-27-11-7-10-14-30(27)42-36-34-26-20-32-38(16-18-44(32,4)22-24(26)6-2)28-12-8-9-13-29(28)41(40(34,38)46)35(36)33(39(37,42)45)25(23)19-31(37)43/h5-14,25-26,31-36,45-46H,15-22H2,1-4H3/q+2/t25-,26-,31-,32-,33+,34+,35+,36+,37-,38-,39-,40-,43+,44+/m0/s1. The Morgan fingerprint density at radius 2 is 1.09 bits per heavy atom. The molecule has 2 aliphatic carbocycles. The minimum Gasteiger partial charge on any atom is -0.369 e. The van der Waals surface area contributed by atoms with Gasteiger partial charge in [-0.2, -0.15) is 0 Å². The summed E-state index contributed by atoms with van der Waals surface area (Å²) in [5, 5.41) is 28.4. The van der Waals surface area contributed by atoms with Crippen molar-refractivity contribution in [3.63, 3.8) is 0 Å². The van der Waals surface area contributed by atoms with Gasteiger partial charge in [-0.15, -0.1) is 0 Å². The summed E-state index contributed by atoms with van der Waals surface area (Å²) in [5.41, 5.74) is 5.92. The summed E-state index contributed by atoms with van der Waals surface area (Å²) >= 11 is 0. The number of allylic oxidation sites excluding steroid dienone is 2. The normalized spacial score (nSPS) is 56.7. The molecule has 0 unspecified atom stereocenters. The van der Waals surface area contributed by atoms with E-state index in [0.29, 0.717) is 23.9 Å². The zero-order chi connectivity index (χ0) is 31.0. The second-order valence-electron chi connectivity index (χ2n) is 17.9. The lowest BCUT2D eigenvalue weighted by Gasteiger charge is -2.62. The lowest BCUT2D eigenvalue weighted by atomic mass is 9.52. The maximum atomic E-state index is 14.2. The van der Waals surface area contributed by atoms with Crippen LogP contribution in [0.1, 0.15) is 50.7 Å². The van der Waals surface area contributed by atoms with Crippen LogP contribution in [0.4, 0.5) is 11.4 Å². The van der Waals surface area contributed by atoms with Crippen LogP contribution >= 0.6 is 0 Å². The number of quaternary nitrogens is 2. The van der Waals surface area contributed by atoms with Gasteiger partial charge in [0.25, 0.3) is 0 Å². The molecule has 6 heteroatoms. The Bertz CT molecular complexity index is 1740. The van der Waals surface area contributed by atoms with Crippen LogP contribution in [0.5, 0.6) is 0 Å². The number of piperidine rings is 2. The van der Waals surface area contributed by atoms with Crippen molar-refractivity contribution in [1.82, 2.24) is 0 Å². The van der Waals surface area contributed by atoms with Crippen molar-refractivity contribution in [2.45, 2.75) is 86.0 Å². The quantitative estimate of drug-likeness (QED) is 0.343. The molecule has 2 N–H and O–H groups in total. The van der Waals surface area contributed by atoms with E-state index in [1.807, 2.05) is 0 Å². The number of likely N-dealkylation sites (N-methyl/N-ethyl adjacent to an activating group) is 2. The van der Waals surface area contributed by atoms with Crippen LogP contribution < -0.4 is 9.80 Å². The molecular formula is C40H48N4O2+2. The van der Waals surface area contributed by atoms with E-state index in [9.17, 15) is 10.2 Å². The number of hydrogen-bond acceptors (Lipinski definition) is 4. The van der Waals surface area contributed by atoms with Gasteiger partial charge in [0.1, 0.15) is 36.0 Å². The molecule has 0 radical (unpaired) electrons. The maximum absolute atomic E-state index is 14.2. The zero-order valence-electron chi connectivity index (χ0n) is 27.7. The maximum Gasteiger partial charge on any atom is 0.159 e. The number of nitrogens with zero attached hydrogens (tertiary/aromatic N) is 4. The molecule has 8 heterocycles. The van der Waals surface area contributed by atoms with Crippen molar-refractivity contribution >= 4 is 11.4 Å². The van der Waals surface area contributed by atoms with Gasteiger partial charge in [0.2, 0.25) is 0 Å². The highest BCUT2D eigenvalue weighted by molar-refractivity contribution is 5.78. The highest BCUT2D eigenvalue weighted by Gasteiger charge is 2.91. The Kier molecular flexibility index (Phi) is 4.20. The van der Waals surface area contributed by atoms with Gasteiger partial charge in [0, 0.05) is 60.7 Å². The molecule has 0 aromatic heterocycles. The summed E-state index contributed by atoms with van der Waals surface area (Å²) in [6.07, 6.45) is 9.18. The van der Waals surface area contributed by atoms with Crippen molar-refractivity contribution in [1.29, 1.82) is 0 Å². The highest BCUT2D eigenvalue weighted by atomic mass is 16.3. The van der Waals surface area contributed by atoms with Crippen molar-refractivity contribution in [3.05, 3.63) is 83.0 Å². The third-order valence-corrected chi connectivity index (χ3v) is 17.2. The second-order valence-corrected chi connectivity index (χ2v) is 17.9. The van der Waals surface area contributed by atoms with E-state index in [0.717, 1.165) is 60.8 Å². The van der Waals surface area contributed by atoms with Crippen LogP contribution in [-0.2, 0) is 10.8 Å². The molecule has 0 amide bonds. The van der Waals surface area contributed by atoms with Gasteiger partial charge in [0.05, 0.1) is 39.3 Å². The average molecular weight is 617 g/mol. The molecule has 8 aliphatic heterocycles. The van der Waals surface area contributed by atoms with Gasteiger partial charge in [0.15, 0.2) is 11.4 Å². The van der Waals surface area contributed by atoms with Crippen LogP contribution in [0.25, 0.3) is 0 Å². The number of fused-ring (bicyclic) bond motifs is 13. The number of benzene rings is 2. The molecule has 2 aromatic carbocycles. The van der Waals surface area contributed by atoms with E-state index in [1.54, 1.807) is 11.1 Å². The largest absolute Gasteiger partial charge is 0.369 e. The third kappa shape index (κ3) is 2.14. The van der Waals surface area contributed by atoms with Crippen LogP contribution in [0.2, 0.25) is 0 Å². The fraction of sp³-hybridized carbons (Fsp3) is 0.600. The fourth-order valence-corrected chi connectivity index (χ4v) is 16.1. The molecule has 2 spiro atoms. The molecule has 12 rings (SSSR count). The first-order valence-corrected chi connectivity index (χ1v) is 18.4. The molecule has 4 bridgehead atoms. The Labute approximate surface area is 272 Å². The van der Waals surface area contributed by atoms with Gasteiger partial charge >= 0.3 is 0 Å². The minimum atomic E-state index is -0.974. The van der Waals surface area contributed by atoms with Crippen molar-refractivity contribution < 1.29 is 19.2 Å². The lowest BCUT2D eigenvalue weighted by Crippen LogP contribution is -2.77. The summed E-state index contributed by atoms with van der Waals surface area (Å²) in [4.78, 5) is 5.24. The molecule has 8 fully saturated rings. The molecule has 6 saturated heterocycles. The summed E-state index contributed by atoms with van der Waals surface area (Å²) < 4.78 is 2.10. The first-order valence-electron chi connectivity index (χ1n) is 18.4. The summed E-state index contributed by atoms with van der Waals surface area (Å²) in [6, 6.07) is 19.3. The van der Waals surface area contributed by atoms with Crippen molar-refractivity contribution in [3.8, 4) is 0 Å². The topological polar surface area (TPSA) is 46.9 Å². The van der Waals surface area contributed by atoms with Crippen LogP contribution in [-0.4, -0.2) is 95.1 Å². The third-order valence-electron chi connectivity index (χ3n) is 17.2. The number of anilines is 2. The summed E-state index contributed by atoms with van der Waals surface area (Å²) in [7, 11) is 4.97. The van der Waals surface area contributed by atoms with E-state index in [-0.39, 0.29) is 34.7 Å². The van der Waals surface area contributed by atoms with E-state index >= 15 is 0 Å². The number of para-hydroxylation sites is 2. The zero-order valence-corrected chi connectivity index (χ0v) is 27.7. The Hall–Kier alpha value is -2.64. The highest BCUT2D eigenvalue weighted by Crippen LogP contribution is 2.80. The molecule has 10 aliphatic rings. The smallest absolute Gasteiger partial charge is 0.159 e. The fourth-order valence-electron chi connectivity index (χ4n) is 16.1. The first kappa shape index (κ1) is 26.3. The summed E-state index contributed by atoms with van der Waals surface area (Å²) in [5.74, 6) is 0.713. The van der Waals surface area contributed by atoms with Crippen LogP contribution in [0.3, 0.4) is 0 Å². The Morgan fingerprint density at radius 1 is 0.674 bits per heavy atom. The lowest BCUT2D eigenvalue weighted by molar-refractivity contribution is -0.925. The molecule has 6 nitrogen and oxygen atoms in total. The molecule has 2 aromatic rings. The molecule has 46 heavy (non-hydrogen) atoms. The van der Waals surface area contributed by atoms with Gasteiger partial charge in [-0.05, 0) is 48.3 Å². The molecule has 14 atom stereocenters. The number of aliphatic hydroxyl groups is 2. The van der Waals surface area contributed by atoms with Gasteiger partial charge in [-0.25, -0.2) is 0 Å². The summed E-state index contributed by atoms with van der Waals surface area (Å²) in [6.45, 7) is 8.92. The Morgan fingerprint density at radius 3 is 1.50 bits per heavy atom. The predicted molar refractivity (Wildman–Crippen MR) is 178 cm³/mol. The first-order chi connectivity index (χ1) is 22.2. The van der Waals surface area contributed by atoms with E-state index in [2.05, 4.69) is 98.4 Å². The van der Waals surface area contributed by atoms with Crippen molar-refractivity contribution in [2.24, 2.45) is 23.7 Å². The molecule has 238 valence electrons. The number of rotatable bonds is 0. The average Bonchev–Trinajstić information content (AvgIpc) is 3.81. The van der Waals surface area contributed by atoms with E-state index in [4.69, 9.17) is 0 Å². The Balaban J connectivity index is 1.20. The predicted octanol–water partition coefficient (Wildman–Crippen LogP) is 4.27. The molecular weight excluding hydrogens is 568 g/mol.